The van der Waals surface area contributed by atoms with Crippen LogP contribution in [0.4, 0.5) is 11.4 Å². The molecule has 0 aliphatic heterocycles. The van der Waals surface area contributed by atoms with E-state index in [1.165, 1.54) is 19.1 Å². The van der Waals surface area contributed by atoms with Crippen molar-refractivity contribution in [2.75, 3.05) is 12.0 Å². The Bertz CT molecular complexity index is 604. The summed E-state index contributed by atoms with van der Waals surface area (Å²) in [6, 6.07) is 5.96. The normalized spacial score (nSPS) is 10.6. The fourth-order valence-electron chi connectivity index (χ4n) is 1.37. The van der Waals surface area contributed by atoms with E-state index in [0.717, 1.165) is 0 Å². The minimum absolute atomic E-state index is 0.0835. The molecular formula is C12H12N4O4. The van der Waals surface area contributed by atoms with Gasteiger partial charge in [-0.3, -0.25) is 15.5 Å². The average Bonchev–Trinajstić information content (AvgIpc) is 2.41. The minimum Gasteiger partial charge on any atom is -0.461 e. The van der Waals surface area contributed by atoms with Gasteiger partial charge in [-0.25, -0.2) is 4.79 Å². The summed E-state index contributed by atoms with van der Waals surface area (Å²) >= 11 is 0. The lowest BCUT2D eigenvalue weighted by Gasteiger charge is -2.05. The number of hydrogen-bond acceptors (Lipinski definition) is 7. The zero-order chi connectivity index (χ0) is 15.1. The van der Waals surface area contributed by atoms with E-state index in [4.69, 9.17) is 5.26 Å². The first-order valence-corrected chi connectivity index (χ1v) is 5.66. The molecule has 20 heavy (non-hydrogen) atoms. The lowest BCUT2D eigenvalue weighted by atomic mass is 10.1. The third-order valence-corrected chi connectivity index (χ3v) is 2.36. The highest BCUT2D eigenvalue weighted by Gasteiger charge is 2.15. The molecule has 0 saturated carbocycles. The van der Waals surface area contributed by atoms with Gasteiger partial charge >= 0.3 is 5.97 Å². The van der Waals surface area contributed by atoms with Crippen molar-refractivity contribution in [1.82, 2.24) is 0 Å². The molecule has 8 heteroatoms. The molecule has 0 saturated heterocycles. The minimum atomic E-state index is -0.856. The number of nitro groups is 1. The van der Waals surface area contributed by atoms with E-state index >= 15 is 0 Å². The van der Waals surface area contributed by atoms with Crippen LogP contribution in [0, 0.1) is 28.4 Å². The Labute approximate surface area is 114 Å². The molecule has 8 nitrogen and oxygen atoms in total. The van der Waals surface area contributed by atoms with Crippen LogP contribution < -0.4 is 5.43 Å². The molecule has 0 bridgehead atoms. The third-order valence-electron chi connectivity index (χ3n) is 2.36. The van der Waals surface area contributed by atoms with Gasteiger partial charge in [0.2, 0.25) is 5.71 Å². The lowest BCUT2D eigenvalue weighted by molar-refractivity contribution is -0.385. The fraction of sp³-hybridized carbons (Fsp3) is 0.250. The first-order valence-electron chi connectivity index (χ1n) is 5.66. The number of hydrogen-bond donors (Lipinski definition) is 1. The van der Waals surface area contributed by atoms with Crippen LogP contribution in [-0.2, 0) is 9.53 Å². The van der Waals surface area contributed by atoms with Gasteiger partial charge < -0.3 is 4.74 Å². The van der Waals surface area contributed by atoms with Gasteiger partial charge in [0.1, 0.15) is 6.07 Å². The second-order valence-electron chi connectivity index (χ2n) is 3.61. The second kappa shape index (κ2) is 6.84. The Hall–Kier alpha value is -2.95. The van der Waals surface area contributed by atoms with Crippen molar-refractivity contribution in [2.45, 2.75) is 13.8 Å². The summed E-state index contributed by atoms with van der Waals surface area (Å²) in [4.78, 5) is 21.6. The summed E-state index contributed by atoms with van der Waals surface area (Å²) in [5.41, 5.74) is 2.59. The summed E-state index contributed by atoms with van der Waals surface area (Å²) in [7, 11) is 0. The molecule has 0 heterocycles. The quantitative estimate of drug-likeness (QED) is 0.379. The molecule has 1 aromatic rings. The van der Waals surface area contributed by atoms with Crippen molar-refractivity contribution in [3.63, 3.8) is 0 Å². The molecule has 1 aromatic carbocycles. The van der Waals surface area contributed by atoms with Crippen LogP contribution in [-0.4, -0.2) is 23.2 Å². The van der Waals surface area contributed by atoms with Crippen LogP contribution in [0.15, 0.2) is 23.3 Å². The van der Waals surface area contributed by atoms with Crippen molar-refractivity contribution < 1.29 is 14.5 Å². The predicted octanol–water partition coefficient (Wildman–Crippen LogP) is 1.76. The Kier molecular flexibility index (Phi) is 5.17. The van der Waals surface area contributed by atoms with Gasteiger partial charge in [0.05, 0.1) is 22.8 Å². The molecule has 0 amide bonds. The maximum absolute atomic E-state index is 11.3. The molecule has 0 radical (unpaired) electrons. The molecule has 0 aliphatic rings. The number of nitrogens with zero attached hydrogens (tertiary/aromatic N) is 3. The maximum Gasteiger partial charge on any atom is 0.369 e. The standard InChI is InChI=1S/C12H12N4O4/c1-3-20-12(17)10(7-13)15-14-9-5-4-6-11(8(9)2)16(18)19/h4-6,14H,3H2,1-2H3/b15-10+. The van der Waals surface area contributed by atoms with E-state index < -0.39 is 16.6 Å². The molecule has 0 aliphatic carbocycles. The summed E-state index contributed by atoms with van der Waals surface area (Å²) in [5.74, 6) is -0.856. The molecule has 1 rings (SSSR count). The van der Waals surface area contributed by atoms with Gasteiger partial charge in [0.15, 0.2) is 0 Å². The van der Waals surface area contributed by atoms with E-state index in [1.54, 1.807) is 19.1 Å². The first-order chi connectivity index (χ1) is 9.51. The number of benzene rings is 1. The van der Waals surface area contributed by atoms with Crippen molar-refractivity contribution in [2.24, 2.45) is 5.10 Å². The number of hydrazone groups is 1. The molecular weight excluding hydrogens is 264 g/mol. The zero-order valence-electron chi connectivity index (χ0n) is 10.9. The van der Waals surface area contributed by atoms with E-state index in [-0.39, 0.29) is 12.3 Å². The zero-order valence-corrected chi connectivity index (χ0v) is 10.9. The van der Waals surface area contributed by atoms with Crippen LogP contribution in [0.25, 0.3) is 0 Å². The van der Waals surface area contributed by atoms with Crippen LogP contribution in [0.3, 0.4) is 0 Å². The third kappa shape index (κ3) is 3.52. The number of rotatable bonds is 5. The van der Waals surface area contributed by atoms with Crippen molar-refractivity contribution in [3.8, 4) is 6.07 Å². The van der Waals surface area contributed by atoms with Gasteiger partial charge in [-0.1, -0.05) is 6.07 Å². The monoisotopic (exact) mass is 276 g/mol. The average molecular weight is 276 g/mol. The van der Waals surface area contributed by atoms with Crippen LogP contribution in [0.5, 0.6) is 0 Å². The molecule has 104 valence electrons. The van der Waals surface area contributed by atoms with E-state index in [1.807, 2.05) is 0 Å². The summed E-state index contributed by atoms with van der Waals surface area (Å²) < 4.78 is 4.64. The molecule has 0 fully saturated rings. The number of esters is 1. The maximum atomic E-state index is 11.3. The van der Waals surface area contributed by atoms with Crippen LogP contribution in [0.2, 0.25) is 0 Å². The number of nitrogens with one attached hydrogen (secondary N) is 1. The predicted molar refractivity (Wildman–Crippen MR) is 71.1 cm³/mol. The largest absolute Gasteiger partial charge is 0.461 e. The summed E-state index contributed by atoms with van der Waals surface area (Å²) in [5, 5.41) is 23.2. The summed E-state index contributed by atoms with van der Waals surface area (Å²) in [6.07, 6.45) is 0. The number of carbonyl (C=O) groups excluding carboxylic acids is 1. The Morgan fingerprint density at radius 2 is 2.30 bits per heavy atom. The van der Waals surface area contributed by atoms with Gasteiger partial charge in [-0.2, -0.15) is 10.4 Å². The van der Waals surface area contributed by atoms with Crippen LogP contribution >= 0.6 is 0 Å². The second-order valence-corrected chi connectivity index (χ2v) is 3.61. The van der Waals surface area contributed by atoms with Gasteiger partial charge in [-0.05, 0) is 19.9 Å². The topological polar surface area (TPSA) is 118 Å². The van der Waals surface area contributed by atoms with Gasteiger partial charge in [0.25, 0.3) is 5.69 Å². The smallest absolute Gasteiger partial charge is 0.369 e. The Balaban J connectivity index is 2.99. The van der Waals surface area contributed by atoms with Crippen molar-refractivity contribution >= 4 is 23.1 Å². The summed E-state index contributed by atoms with van der Waals surface area (Å²) in [6.45, 7) is 3.26. The molecule has 0 unspecified atom stereocenters. The molecule has 1 N–H and O–H groups in total. The SMILES string of the molecule is CCOC(=O)/C(C#N)=N/Nc1cccc([N+](=O)[O-])c1C. The van der Waals surface area contributed by atoms with E-state index in [0.29, 0.717) is 11.3 Å². The van der Waals surface area contributed by atoms with Crippen LogP contribution in [0.1, 0.15) is 12.5 Å². The molecule has 0 atom stereocenters. The van der Waals surface area contributed by atoms with Gasteiger partial charge in [0, 0.05) is 6.07 Å². The highest BCUT2D eigenvalue weighted by atomic mass is 16.6. The number of ether oxygens (including phenoxy) is 1. The molecule has 0 aromatic heterocycles. The highest BCUT2D eigenvalue weighted by Crippen LogP contribution is 2.24. The Morgan fingerprint density at radius 3 is 2.85 bits per heavy atom. The fourth-order valence-corrected chi connectivity index (χ4v) is 1.37. The number of nitro benzene ring substituents is 1. The highest BCUT2D eigenvalue weighted by molar-refractivity contribution is 6.43. The van der Waals surface area contributed by atoms with Crippen molar-refractivity contribution in [3.05, 3.63) is 33.9 Å². The molecule has 0 spiro atoms. The van der Waals surface area contributed by atoms with E-state index in [9.17, 15) is 14.9 Å². The first kappa shape index (κ1) is 15.1. The number of nitriles is 1. The van der Waals surface area contributed by atoms with Gasteiger partial charge in [-0.15, -0.1) is 0 Å². The Morgan fingerprint density at radius 1 is 1.60 bits per heavy atom. The number of carbonyl (C=O) groups is 1. The number of anilines is 1. The van der Waals surface area contributed by atoms with E-state index in [2.05, 4.69) is 15.3 Å². The van der Waals surface area contributed by atoms with Crippen molar-refractivity contribution in [1.29, 1.82) is 5.26 Å². The lowest BCUT2D eigenvalue weighted by Crippen LogP contribution is -2.17.